The van der Waals surface area contributed by atoms with Crippen LogP contribution < -0.4 is 0 Å². The maximum absolute atomic E-state index is 8.96. The van der Waals surface area contributed by atoms with E-state index in [1.54, 1.807) is 0 Å². The Morgan fingerprint density at radius 2 is 2.38 bits per heavy atom. The number of aliphatic hydroxyl groups is 1. The van der Waals surface area contributed by atoms with Gasteiger partial charge >= 0.3 is 0 Å². The summed E-state index contributed by atoms with van der Waals surface area (Å²) in [6, 6.07) is 6.07. The smallest absolute Gasteiger partial charge is 0.0543 e. The number of hydrogen-bond donors (Lipinski definition) is 1. The van der Waals surface area contributed by atoms with E-state index in [0.29, 0.717) is 12.5 Å². The molecule has 1 fully saturated rings. The third-order valence-corrected chi connectivity index (χ3v) is 3.25. The maximum Gasteiger partial charge on any atom is 0.0543 e. The van der Waals surface area contributed by atoms with E-state index >= 15 is 0 Å². The van der Waals surface area contributed by atoms with Crippen molar-refractivity contribution in [3.05, 3.63) is 30.1 Å². The summed E-state index contributed by atoms with van der Waals surface area (Å²) >= 11 is 0. The normalized spacial score (nSPS) is 22.2. The van der Waals surface area contributed by atoms with Crippen molar-refractivity contribution in [2.45, 2.75) is 25.8 Å². The van der Waals surface area contributed by atoms with Crippen LogP contribution in [0.3, 0.4) is 0 Å². The first kappa shape index (κ1) is 11.6. The van der Waals surface area contributed by atoms with Crippen LogP contribution in [0.4, 0.5) is 0 Å². The topological polar surface area (TPSA) is 36.4 Å². The highest BCUT2D eigenvalue weighted by Gasteiger charge is 2.19. The van der Waals surface area contributed by atoms with Gasteiger partial charge in [0, 0.05) is 25.9 Å². The number of piperidine rings is 1. The van der Waals surface area contributed by atoms with Crippen LogP contribution in [-0.4, -0.2) is 34.7 Å². The molecule has 3 heteroatoms. The predicted molar refractivity (Wildman–Crippen MR) is 63.9 cm³/mol. The van der Waals surface area contributed by atoms with Crippen LogP contribution in [0, 0.1) is 5.92 Å². The van der Waals surface area contributed by atoms with Gasteiger partial charge in [0.25, 0.3) is 0 Å². The fourth-order valence-corrected chi connectivity index (χ4v) is 2.43. The molecule has 0 spiro atoms. The number of aromatic nitrogens is 1. The third-order valence-electron chi connectivity index (χ3n) is 3.25. The van der Waals surface area contributed by atoms with Gasteiger partial charge in [-0.1, -0.05) is 6.07 Å². The van der Waals surface area contributed by atoms with E-state index in [1.807, 2.05) is 18.3 Å². The van der Waals surface area contributed by atoms with Gasteiger partial charge in [0.2, 0.25) is 0 Å². The Kier molecular flexibility index (Phi) is 4.31. The zero-order valence-corrected chi connectivity index (χ0v) is 9.68. The van der Waals surface area contributed by atoms with Gasteiger partial charge in [0.05, 0.1) is 5.69 Å². The van der Waals surface area contributed by atoms with Crippen molar-refractivity contribution in [1.29, 1.82) is 0 Å². The highest BCUT2D eigenvalue weighted by molar-refractivity contribution is 5.03. The molecule has 1 unspecified atom stereocenters. The molecule has 1 N–H and O–H groups in total. The Bertz CT molecular complexity index is 300. The molecule has 1 aromatic rings. The van der Waals surface area contributed by atoms with E-state index < -0.39 is 0 Å². The minimum atomic E-state index is 0.322. The van der Waals surface area contributed by atoms with Crippen molar-refractivity contribution in [3.63, 3.8) is 0 Å². The molecule has 0 radical (unpaired) electrons. The molecule has 2 heterocycles. The average Bonchev–Trinajstić information content (AvgIpc) is 2.31. The number of nitrogens with zero attached hydrogens (tertiary/aromatic N) is 2. The van der Waals surface area contributed by atoms with Crippen LogP contribution in [0.1, 0.15) is 25.0 Å². The second-order valence-electron chi connectivity index (χ2n) is 4.58. The van der Waals surface area contributed by atoms with E-state index in [1.165, 1.54) is 19.4 Å². The number of aliphatic hydroxyl groups excluding tert-OH is 1. The molecule has 88 valence electrons. The lowest BCUT2D eigenvalue weighted by molar-refractivity contribution is 0.141. The highest BCUT2D eigenvalue weighted by Crippen LogP contribution is 2.20. The second-order valence-corrected chi connectivity index (χ2v) is 4.58. The van der Waals surface area contributed by atoms with Gasteiger partial charge < -0.3 is 5.11 Å². The molecule has 1 saturated heterocycles. The molecule has 0 bridgehead atoms. The average molecular weight is 220 g/mol. The molecular formula is C13H20N2O. The first-order valence-corrected chi connectivity index (χ1v) is 6.11. The van der Waals surface area contributed by atoms with Gasteiger partial charge in [-0.15, -0.1) is 0 Å². The van der Waals surface area contributed by atoms with Crippen molar-refractivity contribution >= 4 is 0 Å². The lowest BCUT2D eigenvalue weighted by Crippen LogP contribution is -2.35. The molecule has 1 atom stereocenters. The summed E-state index contributed by atoms with van der Waals surface area (Å²) < 4.78 is 0. The van der Waals surface area contributed by atoms with Crippen molar-refractivity contribution in [3.8, 4) is 0 Å². The summed E-state index contributed by atoms with van der Waals surface area (Å²) in [6.45, 7) is 3.54. The SMILES string of the molecule is OCCC1CCCN(Cc2ccccn2)C1. The fraction of sp³-hybridized carbons (Fsp3) is 0.615. The number of rotatable bonds is 4. The summed E-state index contributed by atoms with van der Waals surface area (Å²) in [6.07, 6.45) is 5.31. The second kappa shape index (κ2) is 5.97. The minimum Gasteiger partial charge on any atom is -0.396 e. The first-order valence-electron chi connectivity index (χ1n) is 6.11. The van der Waals surface area contributed by atoms with Gasteiger partial charge in [-0.05, 0) is 43.9 Å². The molecule has 1 aliphatic rings. The molecule has 0 aromatic carbocycles. The van der Waals surface area contributed by atoms with Gasteiger partial charge in [0.1, 0.15) is 0 Å². The Balaban J connectivity index is 1.85. The number of pyridine rings is 1. The van der Waals surface area contributed by atoms with Crippen molar-refractivity contribution in [1.82, 2.24) is 9.88 Å². The van der Waals surface area contributed by atoms with Gasteiger partial charge in [-0.25, -0.2) is 0 Å². The van der Waals surface area contributed by atoms with Crippen LogP contribution in [0.2, 0.25) is 0 Å². The summed E-state index contributed by atoms with van der Waals surface area (Å²) in [4.78, 5) is 6.80. The van der Waals surface area contributed by atoms with Crippen LogP contribution in [0.15, 0.2) is 24.4 Å². The molecule has 16 heavy (non-hydrogen) atoms. The predicted octanol–water partition coefficient (Wildman–Crippen LogP) is 1.68. The Morgan fingerprint density at radius 3 is 3.12 bits per heavy atom. The lowest BCUT2D eigenvalue weighted by Gasteiger charge is -2.32. The van der Waals surface area contributed by atoms with Crippen molar-refractivity contribution in [2.75, 3.05) is 19.7 Å². The van der Waals surface area contributed by atoms with Crippen LogP contribution in [0.25, 0.3) is 0 Å². The minimum absolute atomic E-state index is 0.322. The van der Waals surface area contributed by atoms with E-state index in [2.05, 4.69) is 16.0 Å². The first-order chi connectivity index (χ1) is 7.88. The molecule has 2 rings (SSSR count). The number of likely N-dealkylation sites (tertiary alicyclic amines) is 1. The van der Waals surface area contributed by atoms with E-state index in [9.17, 15) is 0 Å². The maximum atomic E-state index is 8.96. The van der Waals surface area contributed by atoms with E-state index in [-0.39, 0.29) is 0 Å². The fourth-order valence-electron chi connectivity index (χ4n) is 2.43. The molecule has 0 saturated carbocycles. The van der Waals surface area contributed by atoms with E-state index in [4.69, 9.17) is 5.11 Å². The Labute approximate surface area is 97.1 Å². The number of hydrogen-bond acceptors (Lipinski definition) is 3. The molecule has 1 aromatic heterocycles. The zero-order chi connectivity index (χ0) is 11.2. The molecule has 0 aliphatic carbocycles. The largest absolute Gasteiger partial charge is 0.396 e. The summed E-state index contributed by atoms with van der Waals surface area (Å²) in [5, 5.41) is 8.96. The van der Waals surface area contributed by atoms with Crippen molar-refractivity contribution < 1.29 is 5.11 Å². The Morgan fingerprint density at radius 1 is 1.44 bits per heavy atom. The van der Waals surface area contributed by atoms with Crippen molar-refractivity contribution in [2.24, 2.45) is 5.92 Å². The van der Waals surface area contributed by atoms with E-state index in [0.717, 1.165) is 25.2 Å². The van der Waals surface area contributed by atoms with Crippen LogP contribution in [-0.2, 0) is 6.54 Å². The molecule has 0 amide bonds. The lowest BCUT2D eigenvalue weighted by atomic mass is 9.95. The Hall–Kier alpha value is -0.930. The van der Waals surface area contributed by atoms with Gasteiger partial charge in [-0.2, -0.15) is 0 Å². The zero-order valence-electron chi connectivity index (χ0n) is 9.68. The summed E-state index contributed by atoms with van der Waals surface area (Å²) in [7, 11) is 0. The standard InChI is InChI=1S/C13H20N2O/c16-9-6-12-4-3-8-15(10-12)11-13-5-1-2-7-14-13/h1-2,5,7,12,16H,3-4,6,8-11H2. The quantitative estimate of drug-likeness (QED) is 0.838. The van der Waals surface area contributed by atoms with Gasteiger partial charge in [-0.3, -0.25) is 9.88 Å². The third kappa shape index (κ3) is 3.29. The monoisotopic (exact) mass is 220 g/mol. The van der Waals surface area contributed by atoms with Gasteiger partial charge in [0.15, 0.2) is 0 Å². The molecule has 1 aliphatic heterocycles. The highest BCUT2D eigenvalue weighted by atomic mass is 16.3. The van der Waals surface area contributed by atoms with Crippen LogP contribution in [0.5, 0.6) is 0 Å². The van der Waals surface area contributed by atoms with Crippen LogP contribution >= 0.6 is 0 Å². The molecule has 3 nitrogen and oxygen atoms in total. The molecular weight excluding hydrogens is 200 g/mol. The summed E-state index contributed by atoms with van der Waals surface area (Å²) in [5.41, 5.74) is 1.15. The summed E-state index contributed by atoms with van der Waals surface area (Å²) in [5.74, 6) is 0.669.